The van der Waals surface area contributed by atoms with Gasteiger partial charge < -0.3 is 0 Å². The maximum Gasteiger partial charge on any atom is 0.200 e. The van der Waals surface area contributed by atoms with Crippen LogP contribution in [0.5, 0.6) is 0 Å². The van der Waals surface area contributed by atoms with Crippen molar-refractivity contribution >= 4 is 7.68 Å². The molecule has 0 bridgehead atoms. The molecule has 1 rings (SSSR count). The van der Waals surface area contributed by atoms with Gasteiger partial charge in [0, 0.05) is 31.8 Å². The second-order valence-electron chi connectivity index (χ2n) is 7.48. The molecule has 0 aromatic heterocycles. The number of benzene rings is 1. The van der Waals surface area contributed by atoms with Crippen LogP contribution in [0.4, 0.5) is 22.0 Å². The lowest BCUT2D eigenvalue weighted by atomic mass is 10.2. The summed E-state index contributed by atoms with van der Waals surface area (Å²) in [5.41, 5.74) is 1.68. The van der Waals surface area contributed by atoms with Crippen molar-refractivity contribution in [2.24, 2.45) is 0 Å². The van der Waals surface area contributed by atoms with Gasteiger partial charge in [0.2, 0.25) is 5.82 Å². The van der Waals surface area contributed by atoms with Crippen LogP contribution >= 0.6 is 7.68 Å². The fourth-order valence-corrected chi connectivity index (χ4v) is 5.72. The molecule has 154 valence electrons. The third-order valence-corrected chi connectivity index (χ3v) is 7.12. The minimum Gasteiger partial charge on any atom is -0.241 e. The maximum atomic E-state index is 14.3. The summed E-state index contributed by atoms with van der Waals surface area (Å²) < 4.78 is 73.3. The molecule has 0 heterocycles. The van der Waals surface area contributed by atoms with Crippen molar-refractivity contribution in [1.82, 2.24) is 9.34 Å². The molecule has 0 amide bonds. The Kier molecular flexibility index (Phi) is 8.31. The van der Waals surface area contributed by atoms with Gasteiger partial charge in [-0.1, -0.05) is 5.63 Å². The molecule has 0 saturated carbocycles. The van der Waals surface area contributed by atoms with Crippen molar-refractivity contribution in [1.29, 1.82) is 0 Å². The first kappa shape index (κ1) is 23.9. The molecule has 8 heteroatoms. The predicted molar refractivity (Wildman–Crippen MR) is 100 cm³/mol. The molecule has 0 saturated heterocycles. The Bertz CT molecular complexity index is 694. The summed E-state index contributed by atoms with van der Waals surface area (Å²) in [4.78, 5) is 0. The van der Waals surface area contributed by atoms with Crippen molar-refractivity contribution in [2.75, 3.05) is 0 Å². The van der Waals surface area contributed by atoms with Gasteiger partial charge in [-0.15, -0.1) is 0 Å². The van der Waals surface area contributed by atoms with Gasteiger partial charge in [-0.05, 0) is 55.4 Å². The largest absolute Gasteiger partial charge is 0.241 e. The van der Waals surface area contributed by atoms with E-state index in [1.165, 1.54) is 0 Å². The highest BCUT2D eigenvalue weighted by Gasteiger charge is 2.29. The summed E-state index contributed by atoms with van der Waals surface area (Å²) in [5, 5.41) is 0. The molecule has 1 aromatic rings. The average molecular weight is 410 g/mol. The monoisotopic (exact) mass is 410 g/mol. The van der Waals surface area contributed by atoms with E-state index in [1.807, 2.05) is 64.7 Å². The minimum atomic E-state index is -2.16. The van der Waals surface area contributed by atoms with Crippen LogP contribution in [0, 0.1) is 34.7 Å². The fourth-order valence-electron chi connectivity index (χ4n) is 3.11. The van der Waals surface area contributed by atoms with Crippen molar-refractivity contribution in [3.8, 4) is 5.63 Å². The van der Waals surface area contributed by atoms with Gasteiger partial charge in [-0.2, -0.15) is 0 Å². The molecule has 0 N–H and O–H groups in total. The van der Waals surface area contributed by atoms with Crippen molar-refractivity contribution in [3.63, 3.8) is 0 Å². The molecule has 0 fully saturated rings. The van der Waals surface area contributed by atoms with Crippen molar-refractivity contribution in [3.05, 3.63) is 34.6 Å². The van der Waals surface area contributed by atoms with Gasteiger partial charge in [0.1, 0.15) is 5.56 Å². The van der Waals surface area contributed by atoms with Crippen LogP contribution in [0.1, 0.15) is 61.0 Å². The third-order valence-electron chi connectivity index (χ3n) is 3.98. The Labute approximate surface area is 159 Å². The smallest absolute Gasteiger partial charge is 0.200 e. The van der Waals surface area contributed by atoms with Crippen LogP contribution in [0.15, 0.2) is 0 Å². The van der Waals surface area contributed by atoms with Crippen LogP contribution in [-0.2, 0) is 0 Å². The van der Waals surface area contributed by atoms with Crippen LogP contribution < -0.4 is 0 Å². The zero-order valence-electron chi connectivity index (χ0n) is 17.0. The number of nitrogens with zero attached hydrogens (tertiary/aromatic N) is 2. The second kappa shape index (κ2) is 9.38. The fraction of sp³-hybridized carbons (Fsp3) is 0.632. The average Bonchev–Trinajstić information content (AvgIpc) is 2.53. The molecule has 27 heavy (non-hydrogen) atoms. The van der Waals surface area contributed by atoms with Gasteiger partial charge in [0.25, 0.3) is 0 Å². The predicted octanol–water partition coefficient (Wildman–Crippen LogP) is 6.24. The van der Waals surface area contributed by atoms with E-state index in [9.17, 15) is 22.0 Å². The SMILES string of the molecule is CC(C)N(C(C)C)P(#Cc1c(F)c(F)c(F)c(F)c1F)N(C(C)C)C(C)C. The van der Waals surface area contributed by atoms with E-state index in [4.69, 9.17) is 0 Å². The topological polar surface area (TPSA) is 6.48 Å². The van der Waals surface area contributed by atoms with Gasteiger partial charge in [-0.25, -0.2) is 31.3 Å². The van der Waals surface area contributed by atoms with E-state index in [1.54, 1.807) is 0 Å². The van der Waals surface area contributed by atoms with Gasteiger partial charge in [-0.3, -0.25) is 0 Å². The molecule has 0 atom stereocenters. The molecular weight excluding hydrogens is 382 g/mol. The summed E-state index contributed by atoms with van der Waals surface area (Å²) >= 11 is 0. The third kappa shape index (κ3) is 5.03. The highest BCUT2D eigenvalue weighted by Crippen LogP contribution is 2.40. The number of hydrogen-bond acceptors (Lipinski definition) is 2. The summed E-state index contributed by atoms with van der Waals surface area (Å²) in [7, 11) is -1.61. The Morgan fingerprint density at radius 3 is 1.07 bits per heavy atom. The van der Waals surface area contributed by atoms with E-state index < -0.39 is 42.3 Å². The van der Waals surface area contributed by atoms with Crippen LogP contribution in [-0.4, -0.2) is 33.5 Å². The Balaban J connectivity index is 3.95. The van der Waals surface area contributed by atoms with E-state index in [0.29, 0.717) is 0 Å². The lowest BCUT2D eigenvalue weighted by molar-refractivity contribution is 0.265. The first-order valence-corrected chi connectivity index (χ1v) is 10.2. The number of halogens is 5. The Morgan fingerprint density at radius 2 is 0.815 bits per heavy atom. The molecule has 1 aromatic carbocycles. The molecule has 0 unspecified atom stereocenters. The maximum absolute atomic E-state index is 14.3. The number of rotatable bonds is 4. The van der Waals surface area contributed by atoms with E-state index in [-0.39, 0.29) is 24.2 Å². The standard InChI is InChI=1S/C19H28F5N2P/c1-10(2)25(11(3)4)27(26(12(5)6)13(7)8)9-14-15(20)17(22)19(24)18(23)16(14)21/h10-13H,1-8H3. The minimum absolute atomic E-state index is 0.0233. The van der Waals surface area contributed by atoms with E-state index >= 15 is 0 Å². The molecule has 0 aliphatic heterocycles. The zero-order valence-corrected chi connectivity index (χ0v) is 17.9. The van der Waals surface area contributed by atoms with Gasteiger partial charge in [0.05, 0.1) is 0 Å². The molecule has 0 aliphatic rings. The van der Waals surface area contributed by atoms with Gasteiger partial charge in [0.15, 0.2) is 23.3 Å². The quantitative estimate of drug-likeness (QED) is 0.251. The molecule has 0 aliphatic carbocycles. The summed E-state index contributed by atoms with van der Waals surface area (Å²) in [6.07, 6.45) is 0. The lowest BCUT2D eigenvalue weighted by Crippen LogP contribution is -2.39. The summed E-state index contributed by atoms with van der Waals surface area (Å²) in [6, 6.07) is -0.0931. The van der Waals surface area contributed by atoms with Crippen molar-refractivity contribution in [2.45, 2.75) is 79.6 Å². The molecule has 0 radical (unpaired) electrons. The van der Waals surface area contributed by atoms with Gasteiger partial charge >= 0.3 is 0 Å². The lowest BCUT2D eigenvalue weighted by Gasteiger charge is -2.40. The Hall–Kier alpha value is -1.13. The highest BCUT2D eigenvalue weighted by atomic mass is 31.1. The van der Waals surface area contributed by atoms with E-state index in [2.05, 4.69) is 5.63 Å². The molecule has 0 spiro atoms. The summed E-state index contributed by atoms with van der Waals surface area (Å²) in [5.74, 6) is -9.76. The van der Waals surface area contributed by atoms with Crippen LogP contribution in [0.3, 0.4) is 0 Å². The second-order valence-corrected chi connectivity index (χ2v) is 9.21. The molecule has 2 nitrogen and oxygen atoms in total. The number of hydrogen-bond donors (Lipinski definition) is 0. The summed E-state index contributed by atoms with van der Waals surface area (Å²) in [6.45, 7) is 15.4. The highest BCUT2D eigenvalue weighted by molar-refractivity contribution is 7.42. The first-order chi connectivity index (χ1) is 12.3. The van der Waals surface area contributed by atoms with Crippen LogP contribution in [0.25, 0.3) is 0 Å². The van der Waals surface area contributed by atoms with E-state index in [0.717, 1.165) is 0 Å². The van der Waals surface area contributed by atoms with Crippen LogP contribution in [0.2, 0.25) is 0 Å². The Morgan fingerprint density at radius 1 is 0.556 bits per heavy atom. The zero-order chi connectivity index (χ0) is 21.2. The first-order valence-electron chi connectivity index (χ1n) is 8.97. The normalized spacial score (nSPS) is 12.3. The van der Waals surface area contributed by atoms with Crippen molar-refractivity contribution < 1.29 is 22.0 Å². The molecular formula is C19H28F5N2P.